The minimum atomic E-state index is -0.251. The van der Waals surface area contributed by atoms with Gasteiger partial charge >= 0.3 is 0 Å². The van der Waals surface area contributed by atoms with Crippen molar-refractivity contribution in [3.8, 4) is 0 Å². The van der Waals surface area contributed by atoms with Crippen LogP contribution in [-0.2, 0) is 0 Å². The van der Waals surface area contributed by atoms with Gasteiger partial charge in [0.2, 0.25) is 0 Å². The normalized spacial score (nSPS) is 11.2. The highest BCUT2D eigenvalue weighted by molar-refractivity contribution is 9.10. The summed E-state index contributed by atoms with van der Waals surface area (Å²) in [4.78, 5) is 17.9. The van der Waals surface area contributed by atoms with Crippen molar-refractivity contribution in [3.63, 3.8) is 0 Å². The van der Waals surface area contributed by atoms with Gasteiger partial charge in [0.15, 0.2) is 5.84 Å². The fourth-order valence-electron chi connectivity index (χ4n) is 1.72. The van der Waals surface area contributed by atoms with Crippen molar-refractivity contribution >= 4 is 33.4 Å². The molecule has 2 rings (SSSR count). The number of halogens is 1. The Kier molecular flexibility index (Phi) is 4.54. The molecule has 108 valence electrons. The Morgan fingerprint density at radius 2 is 2.14 bits per heavy atom. The van der Waals surface area contributed by atoms with Crippen molar-refractivity contribution in [3.05, 3.63) is 58.3 Å². The second-order valence-corrected chi connectivity index (χ2v) is 5.18. The van der Waals surface area contributed by atoms with Crippen LogP contribution in [0.3, 0.4) is 0 Å². The molecule has 2 aromatic rings. The number of hydrogen-bond donors (Lipinski definition) is 2. The molecule has 0 aliphatic carbocycles. The van der Waals surface area contributed by atoms with Gasteiger partial charge in [0.25, 0.3) is 5.91 Å². The van der Waals surface area contributed by atoms with Crippen LogP contribution in [0.2, 0.25) is 0 Å². The van der Waals surface area contributed by atoms with E-state index in [1.165, 1.54) is 4.90 Å². The molecule has 0 bridgehead atoms. The number of hydrogen-bond acceptors (Lipinski definition) is 4. The van der Waals surface area contributed by atoms with Gasteiger partial charge in [-0.3, -0.25) is 4.79 Å². The molecule has 1 aromatic carbocycles. The molecule has 0 saturated heterocycles. The fourth-order valence-corrected chi connectivity index (χ4v) is 1.96. The summed E-state index contributed by atoms with van der Waals surface area (Å²) in [5.41, 5.74) is 7.02. The maximum absolute atomic E-state index is 12.3. The molecule has 21 heavy (non-hydrogen) atoms. The van der Waals surface area contributed by atoms with E-state index >= 15 is 0 Å². The van der Waals surface area contributed by atoms with Gasteiger partial charge in [-0.25, -0.2) is 4.98 Å². The number of nitrogens with two attached hydrogens (primary N) is 1. The molecule has 1 amide bonds. The van der Waals surface area contributed by atoms with E-state index in [4.69, 9.17) is 10.9 Å². The van der Waals surface area contributed by atoms with Crippen LogP contribution in [0.15, 0.2) is 52.2 Å². The largest absolute Gasteiger partial charge is 0.409 e. The van der Waals surface area contributed by atoms with Gasteiger partial charge in [0.05, 0.1) is 0 Å². The molecule has 0 aliphatic rings. The van der Waals surface area contributed by atoms with E-state index in [-0.39, 0.29) is 11.7 Å². The van der Waals surface area contributed by atoms with Gasteiger partial charge in [-0.2, -0.15) is 0 Å². The summed E-state index contributed by atoms with van der Waals surface area (Å²) in [6.45, 7) is 0. The predicted octanol–water partition coefficient (Wildman–Crippen LogP) is 2.22. The molecule has 0 saturated carbocycles. The Hall–Kier alpha value is -2.41. The van der Waals surface area contributed by atoms with Crippen LogP contribution >= 0.6 is 15.9 Å². The molecule has 0 radical (unpaired) electrons. The van der Waals surface area contributed by atoms with Crippen LogP contribution in [0.4, 0.5) is 5.69 Å². The average Bonchev–Trinajstić information content (AvgIpc) is 2.53. The molecule has 0 aliphatic heterocycles. The quantitative estimate of drug-likeness (QED) is 0.385. The second-order valence-electron chi connectivity index (χ2n) is 4.26. The van der Waals surface area contributed by atoms with E-state index in [1.54, 1.807) is 49.6 Å². The summed E-state index contributed by atoms with van der Waals surface area (Å²) in [5.74, 6) is -0.265. The Morgan fingerprint density at radius 3 is 2.76 bits per heavy atom. The minimum absolute atomic E-state index is 0.0144. The SMILES string of the molecule is CN(C(=O)c1ccc(Br)cn1)c1cccc(C(N)=NO)c1. The number of amidine groups is 1. The number of oxime groups is 1. The first-order valence-electron chi connectivity index (χ1n) is 6.00. The number of pyridine rings is 1. The third-order valence-electron chi connectivity index (χ3n) is 2.89. The number of carbonyl (C=O) groups excluding carboxylic acids is 1. The number of carbonyl (C=O) groups is 1. The molecule has 0 fully saturated rings. The van der Waals surface area contributed by atoms with Crippen LogP contribution in [0.5, 0.6) is 0 Å². The zero-order chi connectivity index (χ0) is 15.4. The standard InChI is InChI=1S/C14H13BrN4O2/c1-19(14(20)12-6-5-10(15)8-17-12)11-4-2-3-9(7-11)13(16)18-21/h2-8,21H,1H3,(H2,16,18). The number of anilines is 1. The minimum Gasteiger partial charge on any atom is -0.409 e. The highest BCUT2D eigenvalue weighted by Gasteiger charge is 2.15. The molecular formula is C14H13BrN4O2. The van der Waals surface area contributed by atoms with Crippen molar-refractivity contribution in [2.24, 2.45) is 10.9 Å². The van der Waals surface area contributed by atoms with E-state index in [9.17, 15) is 4.79 Å². The maximum atomic E-state index is 12.3. The lowest BCUT2D eigenvalue weighted by Crippen LogP contribution is -2.27. The topological polar surface area (TPSA) is 91.8 Å². The van der Waals surface area contributed by atoms with Gasteiger partial charge in [-0.1, -0.05) is 17.3 Å². The van der Waals surface area contributed by atoms with Crippen LogP contribution in [0.1, 0.15) is 16.1 Å². The number of amides is 1. The third kappa shape index (κ3) is 3.38. The van der Waals surface area contributed by atoms with E-state index in [0.29, 0.717) is 16.9 Å². The van der Waals surface area contributed by atoms with Crippen molar-refractivity contribution in [2.75, 3.05) is 11.9 Å². The van der Waals surface area contributed by atoms with Crippen molar-refractivity contribution in [1.82, 2.24) is 4.98 Å². The van der Waals surface area contributed by atoms with Gasteiger partial charge in [0, 0.05) is 29.0 Å². The number of aromatic nitrogens is 1. The maximum Gasteiger partial charge on any atom is 0.276 e. The smallest absolute Gasteiger partial charge is 0.276 e. The molecule has 0 atom stereocenters. The molecule has 0 spiro atoms. The second kappa shape index (κ2) is 6.36. The Balaban J connectivity index is 2.29. The molecule has 7 heteroatoms. The molecule has 1 aromatic heterocycles. The summed E-state index contributed by atoms with van der Waals surface area (Å²) >= 11 is 3.27. The Morgan fingerprint density at radius 1 is 1.38 bits per heavy atom. The van der Waals surface area contributed by atoms with E-state index in [0.717, 1.165) is 4.47 Å². The first-order chi connectivity index (χ1) is 10.0. The zero-order valence-electron chi connectivity index (χ0n) is 11.2. The van der Waals surface area contributed by atoms with Gasteiger partial charge in [-0.05, 0) is 40.2 Å². The lowest BCUT2D eigenvalue weighted by molar-refractivity contribution is 0.0988. The predicted molar refractivity (Wildman–Crippen MR) is 83.6 cm³/mol. The van der Waals surface area contributed by atoms with Crippen molar-refractivity contribution in [1.29, 1.82) is 0 Å². The molecule has 0 unspecified atom stereocenters. The number of benzene rings is 1. The average molecular weight is 349 g/mol. The van der Waals surface area contributed by atoms with Crippen LogP contribution in [0.25, 0.3) is 0 Å². The third-order valence-corrected chi connectivity index (χ3v) is 3.36. The molecule has 6 nitrogen and oxygen atoms in total. The summed E-state index contributed by atoms with van der Waals surface area (Å²) in [5, 5.41) is 11.6. The fraction of sp³-hybridized carbons (Fsp3) is 0.0714. The van der Waals surface area contributed by atoms with Crippen molar-refractivity contribution in [2.45, 2.75) is 0 Å². The lowest BCUT2D eigenvalue weighted by Gasteiger charge is -2.17. The lowest BCUT2D eigenvalue weighted by atomic mass is 10.1. The zero-order valence-corrected chi connectivity index (χ0v) is 12.8. The molecule has 3 N–H and O–H groups in total. The van der Waals surface area contributed by atoms with Gasteiger partial charge in [0.1, 0.15) is 5.69 Å². The Bertz CT molecular complexity index is 686. The van der Waals surface area contributed by atoms with E-state index in [2.05, 4.69) is 26.1 Å². The summed E-state index contributed by atoms with van der Waals surface area (Å²) in [6, 6.07) is 10.2. The van der Waals surface area contributed by atoms with Crippen molar-refractivity contribution < 1.29 is 10.0 Å². The van der Waals surface area contributed by atoms with Crippen LogP contribution in [0, 0.1) is 0 Å². The van der Waals surface area contributed by atoms with Crippen LogP contribution < -0.4 is 10.6 Å². The summed E-state index contributed by atoms with van der Waals surface area (Å²) in [6.07, 6.45) is 1.56. The highest BCUT2D eigenvalue weighted by atomic mass is 79.9. The van der Waals surface area contributed by atoms with Gasteiger partial charge < -0.3 is 15.8 Å². The number of nitrogens with zero attached hydrogens (tertiary/aromatic N) is 3. The van der Waals surface area contributed by atoms with E-state index < -0.39 is 0 Å². The first-order valence-corrected chi connectivity index (χ1v) is 6.80. The molecular weight excluding hydrogens is 336 g/mol. The molecule has 1 heterocycles. The Labute approximate surface area is 130 Å². The van der Waals surface area contributed by atoms with Gasteiger partial charge in [-0.15, -0.1) is 0 Å². The van der Waals surface area contributed by atoms with Crippen LogP contribution in [-0.4, -0.2) is 29.0 Å². The summed E-state index contributed by atoms with van der Waals surface area (Å²) < 4.78 is 0.802. The van der Waals surface area contributed by atoms with E-state index in [1.807, 2.05) is 0 Å². The number of rotatable bonds is 3. The highest BCUT2D eigenvalue weighted by Crippen LogP contribution is 2.17. The monoisotopic (exact) mass is 348 g/mol. The first kappa shape index (κ1) is 15.0. The summed E-state index contributed by atoms with van der Waals surface area (Å²) in [7, 11) is 1.64.